The van der Waals surface area contributed by atoms with Crippen molar-refractivity contribution in [3.63, 3.8) is 0 Å². The predicted molar refractivity (Wildman–Crippen MR) is 279 cm³/mol. The molecule has 0 unspecified atom stereocenters. The maximum Gasteiger partial charge on any atom is 0.343 e. The van der Waals surface area contributed by atoms with E-state index in [-0.39, 0.29) is 80.5 Å². The van der Waals surface area contributed by atoms with Gasteiger partial charge in [-0.05, 0) is 86.1 Å². The summed E-state index contributed by atoms with van der Waals surface area (Å²) < 4.78 is 28.5. The fourth-order valence-corrected chi connectivity index (χ4v) is 10.8. The van der Waals surface area contributed by atoms with Gasteiger partial charge in [0.2, 0.25) is 29.5 Å². The number of imide groups is 1. The molecule has 2 aliphatic carbocycles. The molecule has 0 radical (unpaired) electrons. The number of hydrogen-bond acceptors (Lipinski definition) is 14. The van der Waals surface area contributed by atoms with Gasteiger partial charge in [-0.1, -0.05) is 43.7 Å². The normalized spacial score (nSPS) is 18.5. The Morgan fingerprint density at radius 3 is 2.29 bits per heavy atom. The molecule has 1 fully saturated rings. The number of pyridine rings is 2. The molecule has 1 saturated carbocycles. The number of unbranched alkanes of at least 4 members (excludes halogenated alkanes) is 2. The molecule has 22 nitrogen and oxygen atoms in total. The molecule has 0 saturated heterocycles. The van der Waals surface area contributed by atoms with E-state index in [0.717, 1.165) is 10.5 Å². The maximum absolute atomic E-state index is 15.6. The van der Waals surface area contributed by atoms with Crippen molar-refractivity contribution in [2.45, 2.75) is 115 Å². The van der Waals surface area contributed by atoms with Crippen LogP contribution in [0, 0.1) is 18.7 Å². The molecule has 79 heavy (non-hydrogen) atoms. The van der Waals surface area contributed by atoms with Crippen LogP contribution < -0.4 is 32.1 Å². The number of cyclic esters (lactones) is 1. The zero-order valence-electron chi connectivity index (χ0n) is 44.0. The van der Waals surface area contributed by atoms with Gasteiger partial charge < -0.3 is 50.6 Å². The zero-order valence-corrected chi connectivity index (χ0v) is 44.0. The van der Waals surface area contributed by atoms with Crippen LogP contribution in [0.15, 0.2) is 59.4 Å². The molecule has 6 N–H and O–H groups in total. The fourth-order valence-electron chi connectivity index (χ4n) is 10.8. The Balaban J connectivity index is 0.790. The second-order valence-electron chi connectivity index (χ2n) is 20.5. The van der Waals surface area contributed by atoms with Gasteiger partial charge in [-0.15, -0.1) is 0 Å². The number of nitrogens with one attached hydrogen (secondary N) is 5. The minimum atomic E-state index is -2.06. The highest BCUT2D eigenvalue weighted by Crippen LogP contribution is 2.48. The Labute approximate surface area is 452 Å². The van der Waals surface area contributed by atoms with Crippen molar-refractivity contribution in [3.05, 3.63) is 110 Å². The molecule has 0 bridgehead atoms. The van der Waals surface area contributed by atoms with Gasteiger partial charge in [0.1, 0.15) is 31.3 Å². The Hall–Kier alpha value is -8.18. The van der Waals surface area contributed by atoms with Crippen molar-refractivity contribution >= 4 is 64.1 Å². The Morgan fingerprint density at radius 1 is 0.873 bits per heavy atom. The average Bonchev–Trinajstić information content (AvgIpc) is 4.25. The van der Waals surface area contributed by atoms with Crippen molar-refractivity contribution in [2.24, 2.45) is 5.92 Å². The van der Waals surface area contributed by atoms with E-state index >= 15 is 4.39 Å². The third kappa shape index (κ3) is 11.7. The SMILES string of the molecule is CC[C@@]1(O)C(=O)OCc2c1cc1n(c2=O)Cc2c-1nc1cc(F)c(C)c3c1c2[C@@H](N(C)C(=O)[C@@H](OCNC(=O)CNC(=O)[C@H](Cc1ccccc1)NC(=O)CNC(=O)CNC(=O)CCCCCN1C(=O)C=CC1=O)C1CC1)CC3. The van der Waals surface area contributed by atoms with Crippen molar-refractivity contribution in [1.29, 1.82) is 0 Å². The first-order valence-electron chi connectivity index (χ1n) is 26.5. The second-order valence-corrected chi connectivity index (χ2v) is 20.5. The molecule has 3 aliphatic heterocycles. The Morgan fingerprint density at radius 2 is 1.57 bits per heavy atom. The number of carbonyl (C=O) groups is 9. The van der Waals surface area contributed by atoms with E-state index in [4.69, 9.17) is 14.5 Å². The van der Waals surface area contributed by atoms with Crippen LogP contribution in [-0.4, -0.2) is 130 Å². The van der Waals surface area contributed by atoms with Crippen molar-refractivity contribution in [2.75, 3.05) is 40.0 Å². The van der Waals surface area contributed by atoms with E-state index in [1.807, 2.05) is 0 Å². The van der Waals surface area contributed by atoms with Crippen molar-refractivity contribution in [3.8, 4) is 11.4 Å². The van der Waals surface area contributed by atoms with Gasteiger partial charge in [0, 0.05) is 61.2 Å². The third-order valence-corrected chi connectivity index (χ3v) is 15.4. The fraction of sp³-hybridized carbons (Fsp3) is 0.446. The van der Waals surface area contributed by atoms with E-state index in [0.29, 0.717) is 89.5 Å². The summed E-state index contributed by atoms with van der Waals surface area (Å²) in [4.78, 5) is 137. The van der Waals surface area contributed by atoms with E-state index in [9.17, 15) is 53.1 Å². The number of hydrogen-bond donors (Lipinski definition) is 6. The lowest BCUT2D eigenvalue weighted by Gasteiger charge is -2.36. The summed E-state index contributed by atoms with van der Waals surface area (Å²) in [6.45, 7) is 1.48. The molecule has 9 rings (SSSR count). The van der Waals surface area contributed by atoms with Crippen LogP contribution in [0.3, 0.4) is 0 Å². The summed E-state index contributed by atoms with van der Waals surface area (Å²) in [7, 11) is 1.66. The molecule has 2 aromatic heterocycles. The minimum Gasteiger partial charge on any atom is -0.458 e. The van der Waals surface area contributed by atoms with Gasteiger partial charge in [0.25, 0.3) is 23.3 Å². The zero-order chi connectivity index (χ0) is 56.3. The number of esters is 1. The quantitative estimate of drug-likeness (QED) is 0.0234. The lowest BCUT2D eigenvalue weighted by atomic mass is 9.81. The van der Waals surface area contributed by atoms with Crippen LogP contribution >= 0.6 is 0 Å². The molecule has 0 spiro atoms. The Kier molecular flexibility index (Phi) is 16.5. The largest absolute Gasteiger partial charge is 0.458 e. The van der Waals surface area contributed by atoms with Crippen LogP contribution in [0.2, 0.25) is 0 Å². The average molecular weight is 1090 g/mol. The molecule has 23 heteroatoms. The molecular formula is C56H62FN9O13. The molecule has 5 aliphatic rings. The summed E-state index contributed by atoms with van der Waals surface area (Å²) in [6.07, 6.45) is 5.31. The number of fused-ring (bicyclic) bond motifs is 5. The van der Waals surface area contributed by atoms with Gasteiger partial charge >= 0.3 is 5.97 Å². The van der Waals surface area contributed by atoms with E-state index in [1.54, 1.807) is 62.2 Å². The van der Waals surface area contributed by atoms with Crippen LogP contribution in [0.25, 0.3) is 22.3 Å². The number of aromatic nitrogens is 2. The number of aliphatic hydroxyl groups is 1. The topological polar surface area (TPSA) is 294 Å². The smallest absolute Gasteiger partial charge is 0.343 e. The number of ether oxygens (including phenoxy) is 2. The lowest BCUT2D eigenvalue weighted by Crippen LogP contribution is -2.52. The number of likely N-dealkylation sites (N-methyl/N-ethyl adjacent to an activating group) is 1. The highest BCUT2D eigenvalue weighted by Gasteiger charge is 2.47. The predicted octanol–water partition coefficient (Wildman–Crippen LogP) is 1.40. The van der Waals surface area contributed by atoms with E-state index < -0.39 is 90.3 Å². The standard InChI is InChI=1S/C56H62FN9O13/c1-4-56(77)36-22-41-50-34(27-66(41)53(74)35(36)28-78-55(56)76)49-40(17-16-33-30(2)37(57)23-38(63-50)48(33)49)64(3)54(75)51(32-14-15-32)79-29-61-44(69)25-60-52(73)39(21-31-11-7-5-8-12-31)62-45(70)26-59-43(68)24-58-42(67)13-9-6-10-20-65-46(71)18-19-47(65)72/h5,7-8,11-12,18-19,22-23,32,39-40,51,77H,4,6,9-10,13-17,20-21,24-29H2,1-3H3,(H,58,67)(H,59,68)(H,60,73)(H,61,69)(H,62,70)/t39-,40-,51-,56-/m0/s1. The minimum absolute atomic E-state index is 0.0402. The van der Waals surface area contributed by atoms with Crippen molar-refractivity contribution < 1.29 is 62.1 Å². The number of amides is 8. The van der Waals surface area contributed by atoms with Crippen LogP contribution in [0.5, 0.6) is 0 Å². The molecule has 416 valence electrons. The van der Waals surface area contributed by atoms with Crippen LogP contribution in [0.1, 0.15) is 103 Å². The van der Waals surface area contributed by atoms with Gasteiger partial charge in [-0.25, -0.2) is 14.2 Å². The summed E-state index contributed by atoms with van der Waals surface area (Å²) in [5.74, 6) is -5.68. The first-order valence-corrected chi connectivity index (χ1v) is 26.5. The maximum atomic E-state index is 15.6. The summed E-state index contributed by atoms with van der Waals surface area (Å²) >= 11 is 0. The van der Waals surface area contributed by atoms with Gasteiger partial charge in [0.05, 0.1) is 54.7 Å². The van der Waals surface area contributed by atoms with Crippen molar-refractivity contribution in [1.82, 2.24) is 45.9 Å². The second kappa shape index (κ2) is 23.4. The van der Waals surface area contributed by atoms with E-state index in [2.05, 4.69) is 26.6 Å². The van der Waals surface area contributed by atoms with Crippen LogP contribution in [0.4, 0.5) is 4.39 Å². The number of rotatable bonds is 23. The number of benzene rings is 2. The monoisotopic (exact) mass is 1090 g/mol. The summed E-state index contributed by atoms with van der Waals surface area (Å²) in [6, 6.07) is 10.00. The lowest BCUT2D eigenvalue weighted by molar-refractivity contribution is -0.172. The summed E-state index contributed by atoms with van der Waals surface area (Å²) in [5.41, 5.74) is 2.07. The number of aryl methyl sites for hydroxylation is 1. The number of carbonyl (C=O) groups excluding carboxylic acids is 9. The number of nitrogens with zero attached hydrogens (tertiary/aromatic N) is 4. The number of halogens is 1. The third-order valence-electron chi connectivity index (χ3n) is 15.4. The van der Waals surface area contributed by atoms with E-state index in [1.165, 1.54) is 22.8 Å². The van der Waals surface area contributed by atoms with Gasteiger partial charge in [-0.3, -0.25) is 48.1 Å². The highest BCUT2D eigenvalue weighted by molar-refractivity contribution is 6.12. The molecule has 2 aromatic carbocycles. The van der Waals surface area contributed by atoms with Gasteiger partial charge in [-0.2, -0.15) is 0 Å². The molecule has 4 atom stereocenters. The first kappa shape index (κ1) is 55.6. The molecular weight excluding hydrogens is 1030 g/mol. The highest BCUT2D eigenvalue weighted by atomic mass is 19.1. The molecule has 5 heterocycles. The Bertz CT molecular complexity index is 3250. The van der Waals surface area contributed by atoms with Crippen LogP contribution in [-0.2, 0) is 84.2 Å². The molecule has 8 amide bonds. The van der Waals surface area contributed by atoms with Gasteiger partial charge in [0.15, 0.2) is 5.60 Å². The first-order chi connectivity index (χ1) is 37.9. The summed E-state index contributed by atoms with van der Waals surface area (Å²) in [5, 5.41) is 24.8. The molecule has 4 aromatic rings.